The van der Waals surface area contributed by atoms with Crippen LogP contribution in [0.5, 0.6) is 0 Å². The summed E-state index contributed by atoms with van der Waals surface area (Å²) in [7, 11) is 0. The molecule has 0 heterocycles. The van der Waals surface area contributed by atoms with E-state index in [4.69, 9.17) is 11.6 Å². The average molecular weight is 359 g/mol. The summed E-state index contributed by atoms with van der Waals surface area (Å²) in [6.45, 7) is 2.26. The summed E-state index contributed by atoms with van der Waals surface area (Å²) >= 11 is 5.92. The van der Waals surface area contributed by atoms with Crippen molar-refractivity contribution >= 4 is 11.6 Å². The molecule has 25 heavy (non-hydrogen) atoms. The molecule has 134 valence electrons. The molecule has 0 radical (unpaired) electrons. The van der Waals surface area contributed by atoms with Gasteiger partial charge in [0.1, 0.15) is 5.82 Å². The minimum atomic E-state index is -0.120. The molecule has 2 aromatic carbocycles. The zero-order chi connectivity index (χ0) is 17.6. The third kappa shape index (κ3) is 4.85. The second-order valence-electron chi connectivity index (χ2n) is 7.46. The third-order valence-electron chi connectivity index (χ3n) is 5.68. The van der Waals surface area contributed by atoms with Crippen molar-refractivity contribution in [1.29, 1.82) is 0 Å². The number of hydrogen-bond acceptors (Lipinski definition) is 0. The largest absolute Gasteiger partial charge is 0.206 e. The van der Waals surface area contributed by atoms with Gasteiger partial charge in [-0.05, 0) is 66.8 Å². The number of benzene rings is 2. The first kappa shape index (κ1) is 18.5. The highest BCUT2D eigenvalue weighted by Gasteiger charge is 2.22. The van der Waals surface area contributed by atoms with Gasteiger partial charge in [-0.3, -0.25) is 0 Å². The van der Waals surface area contributed by atoms with Crippen LogP contribution in [0, 0.1) is 11.7 Å². The van der Waals surface area contributed by atoms with Crippen LogP contribution in [0.3, 0.4) is 0 Å². The Bertz CT molecular complexity index is 669. The first-order valence-corrected chi connectivity index (χ1v) is 10.1. The molecule has 0 bridgehead atoms. The zero-order valence-corrected chi connectivity index (χ0v) is 15.9. The molecular formula is C23H28ClF. The topological polar surface area (TPSA) is 0 Å². The second kappa shape index (κ2) is 8.85. The van der Waals surface area contributed by atoms with Gasteiger partial charge in [0.05, 0.1) is 0 Å². The molecular weight excluding hydrogens is 331 g/mol. The Kier molecular flexibility index (Phi) is 6.53. The highest BCUT2D eigenvalue weighted by atomic mass is 35.5. The lowest BCUT2D eigenvalue weighted by molar-refractivity contribution is 0.302. The van der Waals surface area contributed by atoms with Crippen molar-refractivity contribution in [2.75, 3.05) is 0 Å². The van der Waals surface area contributed by atoms with Crippen molar-refractivity contribution in [1.82, 2.24) is 0 Å². The molecule has 1 saturated carbocycles. The minimum Gasteiger partial charge on any atom is -0.206 e. The van der Waals surface area contributed by atoms with Gasteiger partial charge in [-0.2, -0.15) is 0 Å². The maximum atomic E-state index is 14.6. The Morgan fingerprint density at radius 1 is 0.960 bits per heavy atom. The van der Waals surface area contributed by atoms with Gasteiger partial charge >= 0.3 is 0 Å². The monoisotopic (exact) mass is 358 g/mol. The molecule has 0 unspecified atom stereocenters. The molecule has 1 aliphatic carbocycles. The van der Waals surface area contributed by atoms with Crippen LogP contribution in [0.15, 0.2) is 42.5 Å². The molecule has 3 rings (SSSR count). The van der Waals surface area contributed by atoms with Crippen LogP contribution >= 0.6 is 11.6 Å². The second-order valence-corrected chi connectivity index (χ2v) is 7.90. The first-order chi connectivity index (χ1) is 12.2. The maximum absolute atomic E-state index is 14.6. The van der Waals surface area contributed by atoms with E-state index in [9.17, 15) is 4.39 Å². The van der Waals surface area contributed by atoms with Gasteiger partial charge in [0, 0.05) is 10.6 Å². The highest BCUT2D eigenvalue weighted by molar-refractivity contribution is 6.30. The van der Waals surface area contributed by atoms with Gasteiger partial charge in [0.25, 0.3) is 0 Å². The van der Waals surface area contributed by atoms with E-state index in [-0.39, 0.29) is 5.82 Å². The van der Waals surface area contributed by atoms with Crippen LogP contribution in [-0.2, 0) is 0 Å². The SMILES string of the molecule is CCCCCC1CCC(c2ccc(-c3ccc(Cl)cc3)c(F)c2)CC1. The Morgan fingerprint density at radius 3 is 2.32 bits per heavy atom. The number of rotatable bonds is 6. The Morgan fingerprint density at radius 2 is 1.68 bits per heavy atom. The van der Waals surface area contributed by atoms with E-state index in [1.165, 1.54) is 56.9 Å². The lowest BCUT2D eigenvalue weighted by atomic mass is 9.77. The van der Waals surface area contributed by atoms with Gasteiger partial charge in [-0.25, -0.2) is 4.39 Å². The minimum absolute atomic E-state index is 0.120. The van der Waals surface area contributed by atoms with Crippen LogP contribution in [-0.4, -0.2) is 0 Å². The van der Waals surface area contributed by atoms with E-state index in [0.29, 0.717) is 16.5 Å². The molecule has 0 nitrogen and oxygen atoms in total. The average Bonchev–Trinajstić information content (AvgIpc) is 2.63. The quantitative estimate of drug-likeness (QED) is 0.459. The van der Waals surface area contributed by atoms with Gasteiger partial charge in [0.15, 0.2) is 0 Å². The Balaban J connectivity index is 1.63. The smallest absolute Gasteiger partial charge is 0.131 e. The number of hydrogen-bond donors (Lipinski definition) is 0. The first-order valence-electron chi connectivity index (χ1n) is 9.72. The Hall–Kier alpha value is -1.34. The molecule has 0 atom stereocenters. The van der Waals surface area contributed by atoms with Crippen molar-refractivity contribution in [2.24, 2.45) is 5.92 Å². The van der Waals surface area contributed by atoms with Crippen molar-refractivity contribution in [2.45, 2.75) is 64.2 Å². The van der Waals surface area contributed by atoms with Gasteiger partial charge < -0.3 is 0 Å². The van der Waals surface area contributed by atoms with Crippen LogP contribution < -0.4 is 0 Å². The lowest BCUT2D eigenvalue weighted by Gasteiger charge is -2.29. The summed E-state index contributed by atoms with van der Waals surface area (Å²) in [6, 6.07) is 13.2. The predicted molar refractivity (Wildman–Crippen MR) is 106 cm³/mol. The molecule has 1 aliphatic rings. The summed E-state index contributed by atoms with van der Waals surface area (Å²) in [5.74, 6) is 1.29. The van der Waals surface area contributed by atoms with Crippen molar-refractivity contribution in [3.05, 3.63) is 58.9 Å². The van der Waals surface area contributed by atoms with Crippen LogP contribution in [0.4, 0.5) is 4.39 Å². The summed E-state index contributed by atoms with van der Waals surface area (Å²) in [4.78, 5) is 0. The van der Waals surface area contributed by atoms with Crippen LogP contribution in [0.2, 0.25) is 5.02 Å². The zero-order valence-electron chi connectivity index (χ0n) is 15.1. The predicted octanol–water partition coefficient (Wildman–Crippen LogP) is 8.00. The summed E-state index contributed by atoms with van der Waals surface area (Å²) in [5, 5.41) is 0.677. The van der Waals surface area contributed by atoms with Gasteiger partial charge in [-0.1, -0.05) is 68.5 Å². The van der Waals surface area contributed by atoms with E-state index in [1.807, 2.05) is 30.3 Å². The number of unbranched alkanes of at least 4 members (excludes halogenated alkanes) is 2. The lowest BCUT2D eigenvalue weighted by Crippen LogP contribution is -2.13. The molecule has 1 fully saturated rings. The third-order valence-corrected chi connectivity index (χ3v) is 5.93. The van der Waals surface area contributed by atoms with Crippen molar-refractivity contribution < 1.29 is 4.39 Å². The van der Waals surface area contributed by atoms with Crippen molar-refractivity contribution in [3.8, 4) is 11.1 Å². The molecule has 0 amide bonds. The van der Waals surface area contributed by atoms with Gasteiger partial charge in [0.2, 0.25) is 0 Å². The molecule has 0 aromatic heterocycles. The van der Waals surface area contributed by atoms with Crippen LogP contribution in [0.1, 0.15) is 69.8 Å². The fourth-order valence-electron chi connectivity index (χ4n) is 4.12. The van der Waals surface area contributed by atoms with E-state index >= 15 is 0 Å². The standard InChI is InChI=1S/C23H28ClF/c1-2-3-4-5-17-6-8-18(9-7-17)20-12-15-22(23(25)16-20)19-10-13-21(24)14-11-19/h10-18H,2-9H2,1H3. The van der Waals surface area contributed by atoms with Gasteiger partial charge in [-0.15, -0.1) is 0 Å². The summed E-state index contributed by atoms with van der Waals surface area (Å²) in [6.07, 6.45) is 10.4. The fourth-order valence-corrected chi connectivity index (χ4v) is 4.24. The summed E-state index contributed by atoms with van der Waals surface area (Å²) < 4.78 is 14.6. The van der Waals surface area contributed by atoms with E-state index in [1.54, 1.807) is 6.07 Å². The van der Waals surface area contributed by atoms with E-state index in [2.05, 4.69) is 13.0 Å². The fraction of sp³-hybridized carbons (Fsp3) is 0.478. The summed E-state index contributed by atoms with van der Waals surface area (Å²) in [5.41, 5.74) is 2.71. The molecule has 2 aromatic rings. The molecule has 0 spiro atoms. The maximum Gasteiger partial charge on any atom is 0.131 e. The van der Waals surface area contributed by atoms with E-state index < -0.39 is 0 Å². The van der Waals surface area contributed by atoms with Crippen molar-refractivity contribution in [3.63, 3.8) is 0 Å². The molecule has 2 heteroatoms. The molecule has 0 saturated heterocycles. The Labute approximate surface area is 156 Å². The normalized spacial score (nSPS) is 20.6. The molecule has 0 aliphatic heterocycles. The highest BCUT2D eigenvalue weighted by Crippen LogP contribution is 2.38. The number of halogens is 2. The van der Waals surface area contributed by atoms with Crippen LogP contribution in [0.25, 0.3) is 11.1 Å². The molecule has 0 N–H and O–H groups in total. The van der Waals surface area contributed by atoms with E-state index in [0.717, 1.165) is 11.5 Å².